The number of nitrogens with zero attached hydrogens (tertiary/aromatic N) is 5. The predicted molar refractivity (Wildman–Crippen MR) is 495 cm³/mol. The molecule has 1 saturated carbocycles. The van der Waals surface area contributed by atoms with Crippen molar-refractivity contribution in [2.45, 2.75) is 233 Å². The number of fused-ring (bicyclic) bond motifs is 4. The monoisotopic (exact) mass is 1870 g/mol. The lowest BCUT2D eigenvalue weighted by Crippen LogP contribution is -2.58. The van der Waals surface area contributed by atoms with Crippen LogP contribution in [-0.4, -0.2) is 285 Å². The number of amides is 10. The average Bonchev–Trinajstić information content (AvgIpc) is 1.60. The lowest BCUT2D eigenvalue weighted by atomic mass is 10.0. The minimum atomic E-state index is -2.87. The molecule has 9 rings (SSSR count). The van der Waals surface area contributed by atoms with Gasteiger partial charge < -0.3 is 106 Å². The van der Waals surface area contributed by atoms with Crippen molar-refractivity contribution in [3.05, 3.63) is 95.3 Å². The highest BCUT2D eigenvalue weighted by Gasteiger charge is 2.55. The van der Waals surface area contributed by atoms with Crippen molar-refractivity contribution >= 4 is 98.7 Å². The van der Waals surface area contributed by atoms with Crippen LogP contribution in [0.1, 0.15) is 175 Å². The maximum atomic E-state index is 15.6. The molecular formula is C94H141N9O26Si2. The van der Waals surface area contributed by atoms with Crippen LogP contribution in [0.25, 0.3) is 5.57 Å². The summed E-state index contributed by atoms with van der Waals surface area (Å²) in [5.41, 5.74) is 1.87. The third kappa shape index (κ3) is 30.1. The molecule has 5 heterocycles. The van der Waals surface area contributed by atoms with Crippen molar-refractivity contribution in [1.82, 2.24) is 30.7 Å². The molecule has 35 nitrogen and oxygen atoms in total. The average molecular weight is 1870 g/mol. The molecule has 0 saturated heterocycles. The van der Waals surface area contributed by atoms with E-state index in [0.717, 1.165) is 28.9 Å². The van der Waals surface area contributed by atoms with Gasteiger partial charge in [-0.25, -0.2) is 19.4 Å². The molecule has 3 aromatic carbocycles. The Morgan fingerprint density at radius 2 is 0.901 bits per heavy atom. The second-order valence-electron chi connectivity index (χ2n) is 38.4. The van der Waals surface area contributed by atoms with Crippen LogP contribution < -0.4 is 50.0 Å². The minimum absolute atomic E-state index is 0.0206. The fourth-order valence-corrected chi connectivity index (χ4v) is 16.7. The Hall–Kier alpha value is -9.39. The van der Waals surface area contributed by atoms with E-state index in [9.17, 15) is 33.6 Å². The van der Waals surface area contributed by atoms with E-state index in [1.165, 1.54) is 36.2 Å². The number of nitrogens with one attached hydrogen (secondary N) is 4. The molecule has 3 aromatic rings. The van der Waals surface area contributed by atoms with Crippen LogP contribution in [0.2, 0.25) is 36.3 Å². The Kier molecular flexibility index (Phi) is 38.2. The second kappa shape index (κ2) is 47.5. The van der Waals surface area contributed by atoms with Crippen LogP contribution in [0.5, 0.6) is 23.0 Å². The van der Waals surface area contributed by atoms with E-state index >= 15 is 14.4 Å². The molecular weight excluding hydrogens is 1730 g/mol. The van der Waals surface area contributed by atoms with Gasteiger partial charge in [0.25, 0.3) is 23.6 Å². The van der Waals surface area contributed by atoms with E-state index in [1.54, 1.807) is 115 Å². The fourth-order valence-electron chi connectivity index (χ4n) is 14.3. The summed E-state index contributed by atoms with van der Waals surface area (Å²) in [5, 5.41) is 10.5. The van der Waals surface area contributed by atoms with Gasteiger partial charge in [0.1, 0.15) is 23.3 Å². The minimum Gasteiger partial charge on any atom is -0.493 e. The lowest BCUT2D eigenvalue weighted by molar-refractivity contribution is -0.137. The standard InChI is InChI=1S/C94H141N9O26Si2/c1-61(2)82(98-79(105)32-37-116-39-41-118-43-45-120-47-49-122-51-52-123-50-48-121-46-44-119-42-40-117-38-33-95-78(104)31-34-99-80(106)29-30-81(99)107)84(109)96-62(3)83(108)97-67-27-25-64(26-28-67)66-54-73-88(129-131(20,21)94(13,14)15)103(90(113)127-92(7,8)9)71-58-77(75(115-17)56-69(71)86(111)101(73)60-66)125-36-22-35-124-76-57-70-68(55-74(76)114-16)85(110)100-59-65(63-23-24-63)53-72(100)87(128-130(18,19)93(10,11)12)102(70)89(112)126-91(4,5)6/h25-30,55-63,72-73,82,87-88H,22-24,31-54H2,1-21H3,(H,95,104)(H,96,109)(H,97,108)(H,98,105)/t62-,72?,73?,82-,87?,88?/m0/s1. The molecule has 0 bridgehead atoms. The van der Waals surface area contributed by atoms with Gasteiger partial charge in [-0.2, -0.15) is 0 Å². The number of ether oxygens (including phenoxy) is 14. The van der Waals surface area contributed by atoms with Gasteiger partial charge in [-0.05, 0) is 163 Å². The first-order chi connectivity index (χ1) is 61.8. The first-order valence-corrected chi connectivity index (χ1v) is 51.2. The summed E-state index contributed by atoms with van der Waals surface area (Å²) in [7, 11) is -2.59. The number of carbonyl (C=O) groups excluding carboxylic acids is 10. The summed E-state index contributed by atoms with van der Waals surface area (Å²) in [6, 6.07) is 10.2. The maximum Gasteiger partial charge on any atom is 0.417 e. The highest BCUT2D eigenvalue weighted by Crippen LogP contribution is 2.51. The second-order valence-corrected chi connectivity index (χ2v) is 47.9. The molecule has 0 spiro atoms. The summed E-state index contributed by atoms with van der Waals surface area (Å²) in [6.07, 6.45) is 5.70. The van der Waals surface area contributed by atoms with Crippen molar-refractivity contribution in [3.63, 3.8) is 0 Å². The fraction of sp³-hybridized carbons (Fsp3) is 0.638. The molecule has 0 aromatic heterocycles. The van der Waals surface area contributed by atoms with Crippen LogP contribution in [0, 0.1) is 11.8 Å². The number of imide groups is 1. The van der Waals surface area contributed by atoms with Gasteiger partial charge in [-0.15, -0.1) is 0 Å². The van der Waals surface area contributed by atoms with Crippen LogP contribution in [0.15, 0.2) is 78.7 Å². The van der Waals surface area contributed by atoms with Crippen LogP contribution in [0.4, 0.5) is 26.7 Å². The normalized spacial score (nSPS) is 18.1. The molecule has 10 amide bonds. The molecule has 5 aliphatic heterocycles. The zero-order valence-electron chi connectivity index (χ0n) is 80.5. The molecule has 4 N–H and O–H groups in total. The SMILES string of the molecule is COc1cc2c(cc1OCCCOc1cc3c(cc1OC)C(=O)N1C=C(C4CC4)CC1C(O[Si](C)(C)C(C)(C)C)N3C(=O)OC(C)(C)C)N(C(=O)OC(C)(C)C)C(O[Si](C)(C)C(C)(C)C)C1CC(c3ccc(NC(=O)[C@H](C)NC(=O)[C@@H](NC(=O)CCOCCOCCOCCOCCOCCOCCOCCOCCNC(=O)CCN4C(=O)C=CC4=O)C(C)C)cc3)=CN1C2=O. The van der Waals surface area contributed by atoms with Gasteiger partial charge in [-0.3, -0.25) is 43.3 Å². The molecule has 4 unspecified atom stereocenters. The Balaban J connectivity index is 0.728. The van der Waals surface area contributed by atoms with Crippen molar-refractivity contribution in [2.24, 2.45) is 11.8 Å². The van der Waals surface area contributed by atoms with Gasteiger partial charge >= 0.3 is 12.2 Å². The third-order valence-corrected chi connectivity index (χ3v) is 32.4. The molecule has 726 valence electrons. The van der Waals surface area contributed by atoms with Crippen LogP contribution >= 0.6 is 0 Å². The number of methoxy groups -OCH3 is 2. The zero-order valence-corrected chi connectivity index (χ0v) is 82.5. The summed E-state index contributed by atoms with van der Waals surface area (Å²) in [6.45, 7) is 42.7. The van der Waals surface area contributed by atoms with E-state index < -0.39 is 112 Å². The van der Waals surface area contributed by atoms with Crippen molar-refractivity contribution < 1.29 is 123 Å². The van der Waals surface area contributed by atoms with Gasteiger partial charge in [0.05, 0.1) is 168 Å². The molecule has 1 aliphatic carbocycles. The highest BCUT2D eigenvalue weighted by atomic mass is 28.4. The van der Waals surface area contributed by atoms with E-state index in [0.29, 0.717) is 116 Å². The van der Waals surface area contributed by atoms with E-state index in [1.807, 2.05) is 18.3 Å². The van der Waals surface area contributed by atoms with E-state index in [-0.39, 0.29) is 139 Å². The lowest BCUT2D eigenvalue weighted by Gasteiger charge is -2.44. The quantitative estimate of drug-likeness (QED) is 0.0232. The Morgan fingerprint density at radius 3 is 1.31 bits per heavy atom. The summed E-state index contributed by atoms with van der Waals surface area (Å²) in [4.78, 5) is 144. The van der Waals surface area contributed by atoms with Gasteiger partial charge in [-0.1, -0.05) is 67.5 Å². The largest absolute Gasteiger partial charge is 0.493 e. The number of carbonyl (C=O) groups is 10. The number of benzene rings is 3. The Morgan fingerprint density at radius 1 is 0.481 bits per heavy atom. The molecule has 6 atom stereocenters. The van der Waals surface area contributed by atoms with Crippen molar-refractivity contribution in [1.29, 1.82) is 0 Å². The van der Waals surface area contributed by atoms with Gasteiger partial charge in [0.15, 0.2) is 52.1 Å². The third-order valence-electron chi connectivity index (χ3n) is 23.5. The Labute approximate surface area is 773 Å². The molecule has 131 heavy (non-hydrogen) atoms. The topological polar surface area (TPSA) is 383 Å². The van der Waals surface area contributed by atoms with E-state index in [4.69, 9.17) is 75.2 Å². The zero-order chi connectivity index (χ0) is 95.9. The molecule has 0 radical (unpaired) electrons. The molecule has 1 fully saturated rings. The Bertz CT molecular complexity index is 4510. The maximum absolute atomic E-state index is 15.6. The number of anilines is 3. The number of hydrogen-bond donors (Lipinski definition) is 4. The number of rotatable bonds is 50. The van der Waals surface area contributed by atoms with Gasteiger partial charge in [0.2, 0.25) is 23.6 Å². The van der Waals surface area contributed by atoms with E-state index in [2.05, 4.69) is 89.0 Å². The molecule has 37 heteroatoms. The van der Waals surface area contributed by atoms with Crippen LogP contribution in [-0.2, 0) is 85.0 Å². The van der Waals surface area contributed by atoms with Crippen molar-refractivity contribution in [3.8, 4) is 23.0 Å². The summed E-state index contributed by atoms with van der Waals surface area (Å²) in [5.74, 6) is -2.40. The first kappa shape index (κ1) is 105. The highest BCUT2D eigenvalue weighted by molar-refractivity contribution is 6.74. The number of hydrogen-bond acceptors (Lipinski definition) is 26. The molecule has 6 aliphatic rings. The summed E-state index contributed by atoms with van der Waals surface area (Å²) >= 11 is 0. The first-order valence-electron chi connectivity index (χ1n) is 45.4. The van der Waals surface area contributed by atoms with Gasteiger partial charge in [0, 0.05) is 74.7 Å². The predicted octanol–water partition coefficient (Wildman–Crippen LogP) is 12.1. The smallest absolute Gasteiger partial charge is 0.417 e. The van der Waals surface area contributed by atoms with Crippen molar-refractivity contribution in [2.75, 3.05) is 161 Å². The van der Waals surface area contributed by atoms with Crippen LogP contribution in [0.3, 0.4) is 0 Å². The summed E-state index contributed by atoms with van der Waals surface area (Å²) < 4.78 is 96.5.